The number of nitrogens with one attached hydrogen (secondary N) is 2. The van der Waals surface area contributed by atoms with Crippen LogP contribution in [0.1, 0.15) is 25.3 Å². The summed E-state index contributed by atoms with van der Waals surface area (Å²) in [5.74, 6) is 0.0506. The third kappa shape index (κ3) is 3.50. The fourth-order valence-corrected chi connectivity index (χ4v) is 2.25. The standard InChI is InChI=1S/C15H21N3O2/c1-3-8-16-15(20)17-12-9-14(19)18(10-12)13-6-4-11(2)5-7-13/h4-7,12H,3,8-10H2,1-2H3,(H2,16,17,20). The summed E-state index contributed by atoms with van der Waals surface area (Å²) in [5.41, 5.74) is 2.05. The Bertz CT molecular complexity index is 484. The van der Waals surface area contributed by atoms with Crippen molar-refractivity contribution in [1.29, 1.82) is 0 Å². The van der Waals surface area contributed by atoms with E-state index in [-0.39, 0.29) is 18.0 Å². The molecule has 20 heavy (non-hydrogen) atoms. The second kappa shape index (κ2) is 6.41. The minimum absolute atomic E-state index is 0.0506. The molecule has 0 bridgehead atoms. The first-order valence-corrected chi connectivity index (χ1v) is 7.01. The highest BCUT2D eigenvalue weighted by Crippen LogP contribution is 2.21. The molecule has 108 valence electrons. The molecule has 1 aromatic carbocycles. The Kier molecular flexibility index (Phi) is 4.61. The van der Waals surface area contributed by atoms with E-state index in [1.165, 1.54) is 0 Å². The number of carbonyl (C=O) groups excluding carboxylic acids is 2. The Hall–Kier alpha value is -2.04. The van der Waals surface area contributed by atoms with Crippen LogP contribution in [0.15, 0.2) is 24.3 Å². The number of rotatable bonds is 4. The molecule has 1 atom stereocenters. The van der Waals surface area contributed by atoms with Gasteiger partial charge >= 0.3 is 6.03 Å². The summed E-state index contributed by atoms with van der Waals surface area (Å²) in [6.45, 7) is 5.19. The predicted octanol–water partition coefficient (Wildman–Crippen LogP) is 1.81. The van der Waals surface area contributed by atoms with Gasteiger partial charge in [0, 0.05) is 25.2 Å². The number of nitrogens with zero attached hydrogens (tertiary/aromatic N) is 1. The zero-order valence-corrected chi connectivity index (χ0v) is 12.0. The second-order valence-corrected chi connectivity index (χ2v) is 5.14. The molecule has 3 amide bonds. The minimum Gasteiger partial charge on any atom is -0.338 e. The number of aryl methyl sites for hydroxylation is 1. The highest BCUT2D eigenvalue weighted by atomic mass is 16.2. The van der Waals surface area contributed by atoms with Gasteiger partial charge in [0.1, 0.15) is 0 Å². The molecule has 1 aliphatic heterocycles. The zero-order chi connectivity index (χ0) is 14.5. The van der Waals surface area contributed by atoms with Crippen LogP contribution in [-0.4, -0.2) is 31.1 Å². The van der Waals surface area contributed by atoms with E-state index in [1.54, 1.807) is 4.90 Å². The summed E-state index contributed by atoms with van der Waals surface area (Å²) in [5, 5.41) is 5.60. The Balaban J connectivity index is 1.93. The maximum Gasteiger partial charge on any atom is 0.315 e. The van der Waals surface area contributed by atoms with Gasteiger partial charge in [-0.3, -0.25) is 4.79 Å². The monoisotopic (exact) mass is 275 g/mol. The highest BCUT2D eigenvalue weighted by molar-refractivity contribution is 5.96. The quantitative estimate of drug-likeness (QED) is 0.880. The number of anilines is 1. The summed E-state index contributed by atoms with van der Waals surface area (Å²) in [6.07, 6.45) is 1.25. The van der Waals surface area contributed by atoms with Crippen LogP contribution in [0.3, 0.4) is 0 Å². The molecule has 0 spiro atoms. The summed E-state index contributed by atoms with van der Waals surface area (Å²) < 4.78 is 0. The van der Waals surface area contributed by atoms with Gasteiger partial charge in [-0.05, 0) is 25.5 Å². The lowest BCUT2D eigenvalue weighted by Crippen LogP contribution is -2.43. The summed E-state index contributed by atoms with van der Waals surface area (Å²) in [7, 11) is 0. The van der Waals surface area contributed by atoms with E-state index < -0.39 is 0 Å². The molecule has 1 aliphatic rings. The lowest BCUT2D eigenvalue weighted by atomic mass is 10.2. The molecule has 1 fully saturated rings. The number of benzene rings is 1. The maximum absolute atomic E-state index is 12.0. The van der Waals surface area contributed by atoms with Crippen LogP contribution in [0.25, 0.3) is 0 Å². The largest absolute Gasteiger partial charge is 0.338 e. The molecular formula is C15H21N3O2. The number of hydrogen-bond donors (Lipinski definition) is 2. The van der Waals surface area contributed by atoms with Gasteiger partial charge in [0.2, 0.25) is 5.91 Å². The molecule has 0 saturated carbocycles. The Morgan fingerprint density at radius 1 is 1.35 bits per heavy atom. The molecule has 5 heteroatoms. The fraction of sp³-hybridized carbons (Fsp3) is 0.467. The number of urea groups is 1. The van der Waals surface area contributed by atoms with Crippen LogP contribution in [0, 0.1) is 6.92 Å². The van der Waals surface area contributed by atoms with Crippen molar-refractivity contribution in [3.8, 4) is 0 Å². The first-order valence-electron chi connectivity index (χ1n) is 7.01. The second-order valence-electron chi connectivity index (χ2n) is 5.14. The summed E-state index contributed by atoms with van der Waals surface area (Å²) >= 11 is 0. The van der Waals surface area contributed by atoms with E-state index >= 15 is 0 Å². The predicted molar refractivity (Wildman–Crippen MR) is 78.8 cm³/mol. The van der Waals surface area contributed by atoms with Gasteiger partial charge < -0.3 is 15.5 Å². The molecule has 0 aliphatic carbocycles. The van der Waals surface area contributed by atoms with Gasteiger partial charge in [-0.15, -0.1) is 0 Å². The van der Waals surface area contributed by atoms with Crippen LogP contribution in [0.2, 0.25) is 0 Å². The van der Waals surface area contributed by atoms with E-state index in [0.29, 0.717) is 19.5 Å². The number of carbonyl (C=O) groups is 2. The van der Waals surface area contributed by atoms with Crippen molar-refractivity contribution in [3.63, 3.8) is 0 Å². The Morgan fingerprint density at radius 2 is 2.05 bits per heavy atom. The Morgan fingerprint density at radius 3 is 2.70 bits per heavy atom. The van der Waals surface area contributed by atoms with E-state index in [0.717, 1.165) is 17.7 Å². The first kappa shape index (κ1) is 14.4. The van der Waals surface area contributed by atoms with E-state index in [9.17, 15) is 9.59 Å². The van der Waals surface area contributed by atoms with Crippen LogP contribution >= 0.6 is 0 Å². The van der Waals surface area contributed by atoms with Crippen LogP contribution < -0.4 is 15.5 Å². The molecule has 0 radical (unpaired) electrons. The topological polar surface area (TPSA) is 61.4 Å². The van der Waals surface area contributed by atoms with Crippen molar-refractivity contribution < 1.29 is 9.59 Å². The first-order chi connectivity index (χ1) is 9.60. The highest BCUT2D eigenvalue weighted by Gasteiger charge is 2.31. The van der Waals surface area contributed by atoms with Crippen LogP contribution in [0.4, 0.5) is 10.5 Å². The maximum atomic E-state index is 12.0. The fourth-order valence-electron chi connectivity index (χ4n) is 2.25. The molecule has 0 aromatic heterocycles. The van der Waals surface area contributed by atoms with Crippen molar-refractivity contribution in [3.05, 3.63) is 29.8 Å². The third-order valence-electron chi connectivity index (χ3n) is 3.34. The molecule has 2 N–H and O–H groups in total. The molecular weight excluding hydrogens is 254 g/mol. The van der Waals surface area contributed by atoms with Crippen molar-refractivity contribution in [2.24, 2.45) is 0 Å². The van der Waals surface area contributed by atoms with E-state index in [1.807, 2.05) is 38.1 Å². The van der Waals surface area contributed by atoms with Gasteiger partial charge in [-0.25, -0.2) is 4.79 Å². The van der Waals surface area contributed by atoms with Crippen molar-refractivity contribution >= 4 is 17.6 Å². The lowest BCUT2D eigenvalue weighted by molar-refractivity contribution is -0.117. The average Bonchev–Trinajstić information content (AvgIpc) is 2.78. The molecule has 2 rings (SSSR count). The van der Waals surface area contributed by atoms with Gasteiger partial charge in [-0.1, -0.05) is 24.6 Å². The zero-order valence-electron chi connectivity index (χ0n) is 12.0. The van der Waals surface area contributed by atoms with Crippen LogP contribution in [0.5, 0.6) is 0 Å². The summed E-state index contributed by atoms with van der Waals surface area (Å²) in [6, 6.07) is 7.52. The normalized spacial score (nSPS) is 18.2. The van der Waals surface area contributed by atoms with Gasteiger partial charge in [0.15, 0.2) is 0 Å². The smallest absolute Gasteiger partial charge is 0.315 e. The van der Waals surface area contributed by atoms with E-state index in [4.69, 9.17) is 0 Å². The molecule has 5 nitrogen and oxygen atoms in total. The van der Waals surface area contributed by atoms with Gasteiger partial charge in [-0.2, -0.15) is 0 Å². The minimum atomic E-state index is -0.199. The molecule has 1 heterocycles. The van der Waals surface area contributed by atoms with Crippen molar-refractivity contribution in [2.75, 3.05) is 18.0 Å². The SMILES string of the molecule is CCCNC(=O)NC1CC(=O)N(c2ccc(C)cc2)C1. The van der Waals surface area contributed by atoms with Crippen molar-refractivity contribution in [2.45, 2.75) is 32.7 Å². The van der Waals surface area contributed by atoms with Crippen molar-refractivity contribution in [1.82, 2.24) is 10.6 Å². The molecule has 1 unspecified atom stereocenters. The summed E-state index contributed by atoms with van der Waals surface area (Å²) in [4.78, 5) is 25.3. The van der Waals surface area contributed by atoms with Gasteiger partial charge in [0.25, 0.3) is 0 Å². The number of amides is 3. The Labute approximate surface area is 119 Å². The lowest BCUT2D eigenvalue weighted by Gasteiger charge is -2.17. The molecule has 1 aromatic rings. The van der Waals surface area contributed by atoms with E-state index in [2.05, 4.69) is 10.6 Å². The van der Waals surface area contributed by atoms with Gasteiger partial charge in [0.05, 0.1) is 6.04 Å². The third-order valence-corrected chi connectivity index (χ3v) is 3.34. The average molecular weight is 275 g/mol. The number of hydrogen-bond acceptors (Lipinski definition) is 2. The van der Waals surface area contributed by atoms with Crippen LogP contribution in [-0.2, 0) is 4.79 Å². The molecule has 1 saturated heterocycles.